The van der Waals surface area contributed by atoms with E-state index in [4.69, 9.17) is 5.73 Å². The maximum atomic E-state index is 12.5. The van der Waals surface area contributed by atoms with Gasteiger partial charge in [-0.1, -0.05) is 12.1 Å². The Morgan fingerprint density at radius 2 is 2.00 bits per heavy atom. The first-order chi connectivity index (χ1) is 9.52. The Hall–Kier alpha value is -2.20. The smallest absolute Gasteiger partial charge is 0.258 e. The van der Waals surface area contributed by atoms with Gasteiger partial charge in [0.1, 0.15) is 0 Å². The summed E-state index contributed by atoms with van der Waals surface area (Å²) in [6, 6.07) is 9.52. The lowest BCUT2D eigenvalue weighted by molar-refractivity contribution is 0.0992. The molecular weight excluding hydrogens is 250 g/mol. The highest BCUT2D eigenvalue weighted by Gasteiger charge is 2.15. The summed E-state index contributed by atoms with van der Waals surface area (Å²) in [5.41, 5.74) is 9.99. The first kappa shape index (κ1) is 14.2. The van der Waals surface area contributed by atoms with Crippen molar-refractivity contribution >= 4 is 11.6 Å². The molecule has 2 aromatic rings. The molecule has 104 valence electrons. The molecule has 2 N–H and O–H groups in total. The average molecular weight is 269 g/mol. The molecule has 0 unspecified atom stereocenters. The van der Waals surface area contributed by atoms with Crippen LogP contribution < -0.4 is 10.6 Å². The third-order valence-corrected chi connectivity index (χ3v) is 3.30. The van der Waals surface area contributed by atoms with Crippen LogP contribution in [0.3, 0.4) is 0 Å². The van der Waals surface area contributed by atoms with E-state index >= 15 is 0 Å². The molecular formula is C16H19N3O. The van der Waals surface area contributed by atoms with Crippen molar-refractivity contribution in [1.82, 2.24) is 4.98 Å². The molecule has 4 nitrogen and oxygen atoms in total. The molecule has 0 aliphatic heterocycles. The summed E-state index contributed by atoms with van der Waals surface area (Å²) in [5, 5.41) is 0. The molecule has 20 heavy (non-hydrogen) atoms. The van der Waals surface area contributed by atoms with E-state index in [0.717, 1.165) is 16.8 Å². The van der Waals surface area contributed by atoms with Crippen LogP contribution >= 0.6 is 0 Å². The van der Waals surface area contributed by atoms with E-state index in [2.05, 4.69) is 4.98 Å². The lowest BCUT2D eigenvalue weighted by Crippen LogP contribution is -2.27. The minimum absolute atomic E-state index is 0.0594. The number of rotatable bonds is 3. The zero-order valence-corrected chi connectivity index (χ0v) is 12.1. The molecule has 0 fully saturated rings. The van der Waals surface area contributed by atoms with Gasteiger partial charge in [-0.3, -0.25) is 9.78 Å². The maximum absolute atomic E-state index is 12.5. The highest BCUT2D eigenvalue weighted by molar-refractivity contribution is 6.06. The van der Waals surface area contributed by atoms with Crippen molar-refractivity contribution in [2.45, 2.75) is 20.4 Å². The molecule has 2 rings (SSSR count). The number of nitrogens with zero attached hydrogens (tertiary/aromatic N) is 2. The molecule has 0 aliphatic carbocycles. The van der Waals surface area contributed by atoms with Crippen molar-refractivity contribution in [1.29, 1.82) is 0 Å². The number of pyridine rings is 1. The number of aryl methyl sites for hydroxylation is 2. The molecule has 0 radical (unpaired) electrons. The Morgan fingerprint density at radius 1 is 1.25 bits per heavy atom. The molecule has 1 aromatic heterocycles. The second kappa shape index (κ2) is 5.84. The predicted octanol–water partition coefficient (Wildman–Crippen LogP) is 2.43. The number of hydrogen-bond acceptors (Lipinski definition) is 3. The summed E-state index contributed by atoms with van der Waals surface area (Å²) in [6.45, 7) is 4.34. The Bertz CT molecular complexity index is 637. The largest absolute Gasteiger partial charge is 0.325 e. The number of carbonyl (C=O) groups excluding carboxylic acids is 1. The van der Waals surface area contributed by atoms with Gasteiger partial charge in [-0.2, -0.15) is 0 Å². The van der Waals surface area contributed by atoms with Crippen molar-refractivity contribution in [3.63, 3.8) is 0 Å². The molecule has 1 aromatic carbocycles. The fourth-order valence-electron chi connectivity index (χ4n) is 2.11. The van der Waals surface area contributed by atoms with E-state index in [1.807, 2.05) is 32.0 Å². The van der Waals surface area contributed by atoms with Gasteiger partial charge in [-0.15, -0.1) is 0 Å². The first-order valence-electron chi connectivity index (χ1n) is 6.53. The van der Waals surface area contributed by atoms with Crippen LogP contribution in [0.25, 0.3) is 0 Å². The highest BCUT2D eigenvalue weighted by Crippen LogP contribution is 2.22. The quantitative estimate of drug-likeness (QED) is 0.931. The molecule has 1 heterocycles. The molecule has 0 saturated carbocycles. The lowest BCUT2D eigenvalue weighted by atomic mass is 10.1. The number of anilines is 1. The van der Waals surface area contributed by atoms with E-state index in [1.165, 1.54) is 0 Å². The molecule has 0 atom stereocenters. The zero-order valence-electron chi connectivity index (χ0n) is 12.1. The van der Waals surface area contributed by atoms with Crippen LogP contribution in [0.15, 0.2) is 36.5 Å². The van der Waals surface area contributed by atoms with Gasteiger partial charge in [0.05, 0.1) is 5.69 Å². The maximum Gasteiger partial charge on any atom is 0.258 e. The van der Waals surface area contributed by atoms with Crippen LogP contribution in [-0.4, -0.2) is 17.9 Å². The van der Waals surface area contributed by atoms with Crippen LogP contribution in [0.1, 0.15) is 27.2 Å². The monoisotopic (exact) mass is 269 g/mol. The number of nitrogens with two attached hydrogens (primary N) is 1. The molecule has 1 amide bonds. The van der Waals surface area contributed by atoms with Crippen LogP contribution in [0, 0.1) is 13.8 Å². The Kier molecular flexibility index (Phi) is 4.15. The van der Waals surface area contributed by atoms with Crippen molar-refractivity contribution in [3.05, 3.63) is 58.9 Å². The van der Waals surface area contributed by atoms with Crippen LogP contribution in [0.5, 0.6) is 0 Å². The number of hydrogen-bond donors (Lipinski definition) is 1. The average Bonchev–Trinajstić information content (AvgIpc) is 2.48. The minimum Gasteiger partial charge on any atom is -0.325 e. The van der Waals surface area contributed by atoms with E-state index in [-0.39, 0.29) is 5.91 Å². The normalized spacial score (nSPS) is 10.4. The van der Waals surface area contributed by atoms with Crippen LogP contribution in [0.2, 0.25) is 0 Å². The number of amides is 1. The SMILES string of the molecule is Cc1ccc(C)c(N(C)C(=O)c2ccnc(CN)c2)c1. The van der Waals surface area contributed by atoms with Gasteiger partial charge >= 0.3 is 0 Å². The van der Waals surface area contributed by atoms with Crippen molar-refractivity contribution in [2.24, 2.45) is 5.73 Å². The molecule has 4 heteroatoms. The molecule has 0 bridgehead atoms. The highest BCUT2D eigenvalue weighted by atomic mass is 16.2. The third-order valence-electron chi connectivity index (χ3n) is 3.30. The predicted molar refractivity (Wildman–Crippen MR) is 80.8 cm³/mol. The Labute approximate surface area is 119 Å². The van der Waals surface area contributed by atoms with Crippen molar-refractivity contribution < 1.29 is 4.79 Å². The minimum atomic E-state index is -0.0594. The van der Waals surface area contributed by atoms with Gasteiger partial charge in [0, 0.05) is 31.0 Å². The van der Waals surface area contributed by atoms with E-state index in [1.54, 1.807) is 30.3 Å². The fourth-order valence-corrected chi connectivity index (χ4v) is 2.11. The van der Waals surface area contributed by atoms with E-state index in [9.17, 15) is 4.79 Å². The second-order valence-corrected chi connectivity index (χ2v) is 4.89. The first-order valence-corrected chi connectivity index (χ1v) is 6.53. The summed E-state index contributed by atoms with van der Waals surface area (Å²) in [4.78, 5) is 18.3. The van der Waals surface area contributed by atoms with E-state index < -0.39 is 0 Å². The number of aromatic nitrogens is 1. The lowest BCUT2D eigenvalue weighted by Gasteiger charge is -2.20. The number of carbonyl (C=O) groups is 1. The van der Waals surface area contributed by atoms with Crippen LogP contribution in [0.4, 0.5) is 5.69 Å². The summed E-state index contributed by atoms with van der Waals surface area (Å²) in [5.74, 6) is -0.0594. The topological polar surface area (TPSA) is 59.2 Å². The fraction of sp³-hybridized carbons (Fsp3) is 0.250. The zero-order chi connectivity index (χ0) is 14.7. The van der Waals surface area contributed by atoms with Gasteiger partial charge in [0.25, 0.3) is 5.91 Å². The Balaban J connectivity index is 2.34. The Morgan fingerprint density at radius 3 is 2.70 bits per heavy atom. The van der Waals surface area contributed by atoms with Crippen molar-refractivity contribution in [2.75, 3.05) is 11.9 Å². The second-order valence-electron chi connectivity index (χ2n) is 4.89. The third kappa shape index (κ3) is 2.86. The summed E-state index contributed by atoms with van der Waals surface area (Å²) < 4.78 is 0. The number of benzene rings is 1. The van der Waals surface area contributed by atoms with Gasteiger partial charge in [-0.25, -0.2) is 0 Å². The summed E-state index contributed by atoms with van der Waals surface area (Å²) >= 11 is 0. The molecule has 0 saturated heterocycles. The van der Waals surface area contributed by atoms with Crippen molar-refractivity contribution in [3.8, 4) is 0 Å². The van der Waals surface area contributed by atoms with E-state index in [0.29, 0.717) is 17.8 Å². The van der Waals surface area contributed by atoms with Gasteiger partial charge in [0.15, 0.2) is 0 Å². The standard InChI is InChI=1S/C16H19N3O/c1-11-4-5-12(2)15(8-11)19(3)16(20)13-6-7-18-14(9-13)10-17/h4-9H,10,17H2,1-3H3. The van der Waals surface area contributed by atoms with Gasteiger partial charge in [0.2, 0.25) is 0 Å². The summed E-state index contributed by atoms with van der Waals surface area (Å²) in [6.07, 6.45) is 1.62. The van der Waals surface area contributed by atoms with Gasteiger partial charge < -0.3 is 10.6 Å². The molecule has 0 spiro atoms. The van der Waals surface area contributed by atoms with Crippen LogP contribution in [-0.2, 0) is 6.54 Å². The summed E-state index contributed by atoms with van der Waals surface area (Å²) in [7, 11) is 1.78. The van der Waals surface area contributed by atoms with Gasteiger partial charge in [-0.05, 0) is 43.2 Å². The molecule has 0 aliphatic rings.